The summed E-state index contributed by atoms with van der Waals surface area (Å²) in [5.74, 6) is -0.0402. The summed E-state index contributed by atoms with van der Waals surface area (Å²) in [5.41, 5.74) is 0.783. The van der Waals surface area contributed by atoms with Gasteiger partial charge in [0.25, 0.3) is 0 Å². The highest BCUT2D eigenvalue weighted by Gasteiger charge is 2.26. The summed E-state index contributed by atoms with van der Waals surface area (Å²) >= 11 is 0. The SMILES string of the molecule is CCC1COC(C)CN1c1ccc(/C=C/C(=O)O)cn1. The lowest BCUT2D eigenvalue weighted by atomic mass is 10.1. The zero-order valence-electron chi connectivity index (χ0n) is 11.8. The molecule has 5 heteroatoms. The zero-order valence-corrected chi connectivity index (χ0v) is 11.8. The van der Waals surface area contributed by atoms with Crippen LogP contribution in [0.15, 0.2) is 24.4 Å². The van der Waals surface area contributed by atoms with Crippen molar-refractivity contribution >= 4 is 17.9 Å². The third-order valence-corrected chi connectivity index (χ3v) is 3.42. The summed E-state index contributed by atoms with van der Waals surface area (Å²) in [4.78, 5) is 17.2. The number of carboxylic acids is 1. The van der Waals surface area contributed by atoms with Crippen molar-refractivity contribution in [2.45, 2.75) is 32.4 Å². The summed E-state index contributed by atoms with van der Waals surface area (Å²) in [6.07, 6.45) is 5.56. The monoisotopic (exact) mass is 276 g/mol. The fourth-order valence-corrected chi connectivity index (χ4v) is 2.30. The Hall–Kier alpha value is -1.88. The van der Waals surface area contributed by atoms with Gasteiger partial charge in [0, 0.05) is 18.8 Å². The summed E-state index contributed by atoms with van der Waals surface area (Å²) in [7, 11) is 0. The van der Waals surface area contributed by atoms with E-state index in [-0.39, 0.29) is 6.10 Å². The number of hydrogen-bond acceptors (Lipinski definition) is 4. The summed E-state index contributed by atoms with van der Waals surface area (Å²) in [5, 5.41) is 8.60. The van der Waals surface area contributed by atoms with Crippen LogP contribution < -0.4 is 4.90 Å². The van der Waals surface area contributed by atoms with E-state index >= 15 is 0 Å². The molecule has 20 heavy (non-hydrogen) atoms. The fourth-order valence-electron chi connectivity index (χ4n) is 2.30. The van der Waals surface area contributed by atoms with Gasteiger partial charge in [-0.05, 0) is 37.1 Å². The van der Waals surface area contributed by atoms with Crippen LogP contribution in [0.3, 0.4) is 0 Å². The van der Waals surface area contributed by atoms with Gasteiger partial charge in [0.1, 0.15) is 5.82 Å². The number of morpholine rings is 1. The number of aromatic nitrogens is 1. The fraction of sp³-hybridized carbons (Fsp3) is 0.467. The van der Waals surface area contributed by atoms with Gasteiger partial charge in [-0.1, -0.05) is 6.92 Å². The van der Waals surface area contributed by atoms with E-state index in [0.29, 0.717) is 6.04 Å². The molecular weight excluding hydrogens is 256 g/mol. The van der Waals surface area contributed by atoms with Crippen LogP contribution in [0.5, 0.6) is 0 Å². The molecule has 1 aromatic rings. The normalized spacial score (nSPS) is 23.2. The standard InChI is InChI=1S/C15H20N2O3/c1-3-13-10-20-11(2)9-17(13)14-6-4-12(8-16-14)5-7-15(18)19/h4-8,11,13H,3,9-10H2,1-2H3,(H,18,19)/b7-5+. The first-order chi connectivity index (χ1) is 9.60. The Morgan fingerprint density at radius 3 is 3.00 bits per heavy atom. The van der Waals surface area contributed by atoms with Crippen LogP contribution in [0.25, 0.3) is 6.08 Å². The molecule has 0 amide bonds. The first kappa shape index (κ1) is 14.5. The molecule has 1 N–H and O–H groups in total. The van der Waals surface area contributed by atoms with Gasteiger partial charge in [-0.15, -0.1) is 0 Å². The summed E-state index contributed by atoms with van der Waals surface area (Å²) in [6, 6.07) is 4.16. The Morgan fingerprint density at radius 1 is 1.60 bits per heavy atom. The van der Waals surface area contributed by atoms with Crippen LogP contribution >= 0.6 is 0 Å². The number of carbonyl (C=O) groups is 1. The van der Waals surface area contributed by atoms with Gasteiger partial charge in [-0.25, -0.2) is 9.78 Å². The second-order valence-corrected chi connectivity index (χ2v) is 4.98. The molecule has 1 aliphatic rings. The molecule has 2 atom stereocenters. The molecule has 1 fully saturated rings. The summed E-state index contributed by atoms with van der Waals surface area (Å²) in [6.45, 7) is 5.75. The average molecular weight is 276 g/mol. The third kappa shape index (κ3) is 3.57. The average Bonchev–Trinajstić information content (AvgIpc) is 2.45. The highest BCUT2D eigenvalue weighted by molar-refractivity contribution is 5.85. The topological polar surface area (TPSA) is 62.7 Å². The van der Waals surface area contributed by atoms with E-state index in [9.17, 15) is 4.79 Å². The molecule has 2 heterocycles. The second-order valence-electron chi connectivity index (χ2n) is 4.98. The quantitative estimate of drug-likeness (QED) is 0.854. The van der Waals surface area contributed by atoms with Crippen molar-refractivity contribution in [3.05, 3.63) is 30.0 Å². The predicted molar refractivity (Wildman–Crippen MR) is 77.7 cm³/mol. The van der Waals surface area contributed by atoms with Crippen molar-refractivity contribution in [1.29, 1.82) is 0 Å². The van der Waals surface area contributed by atoms with E-state index in [2.05, 4.69) is 23.7 Å². The molecule has 0 aromatic carbocycles. The third-order valence-electron chi connectivity index (χ3n) is 3.42. The van der Waals surface area contributed by atoms with E-state index in [4.69, 9.17) is 9.84 Å². The van der Waals surface area contributed by atoms with Crippen molar-refractivity contribution in [1.82, 2.24) is 4.98 Å². The minimum absolute atomic E-state index is 0.200. The lowest BCUT2D eigenvalue weighted by Crippen LogP contribution is -2.49. The molecule has 1 aromatic heterocycles. The number of carboxylic acid groups (broad SMARTS) is 1. The van der Waals surface area contributed by atoms with Crippen LogP contribution in [0.4, 0.5) is 5.82 Å². The maximum Gasteiger partial charge on any atom is 0.328 e. The van der Waals surface area contributed by atoms with Gasteiger partial charge in [-0.3, -0.25) is 0 Å². The van der Waals surface area contributed by atoms with Crippen molar-refractivity contribution < 1.29 is 14.6 Å². The molecule has 5 nitrogen and oxygen atoms in total. The van der Waals surface area contributed by atoms with Crippen LogP contribution in [-0.4, -0.2) is 41.4 Å². The minimum atomic E-state index is -0.956. The lowest BCUT2D eigenvalue weighted by Gasteiger charge is -2.39. The minimum Gasteiger partial charge on any atom is -0.478 e. The van der Waals surface area contributed by atoms with Gasteiger partial charge in [-0.2, -0.15) is 0 Å². The zero-order chi connectivity index (χ0) is 14.5. The van der Waals surface area contributed by atoms with Crippen LogP contribution in [0.1, 0.15) is 25.8 Å². The highest BCUT2D eigenvalue weighted by Crippen LogP contribution is 2.21. The molecule has 0 bridgehead atoms. The number of ether oxygens (including phenoxy) is 1. The molecule has 0 saturated carbocycles. The number of rotatable bonds is 4. The molecule has 0 spiro atoms. The lowest BCUT2D eigenvalue weighted by molar-refractivity contribution is -0.131. The Bertz CT molecular complexity index is 484. The van der Waals surface area contributed by atoms with Gasteiger partial charge in [0.2, 0.25) is 0 Å². The number of pyridine rings is 1. The molecular formula is C15H20N2O3. The van der Waals surface area contributed by atoms with Crippen LogP contribution in [0.2, 0.25) is 0 Å². The Morgan fingerprint density at radius 2 is 2.40 bits per heavy atom. The molecule has 2 rings (SSSR count). The number of nitrogens with zero attached hydrogens (tertiary/aromatic N) is 2. The maximum absolute atomic E-state index is 10.5. The summed E-state index contributed by atoms with van der Waals surface area (Å²) < 4.78 is 5.68. The van der Waals surface area contributed by atoms with E-state index in [1.807, 2.05) is 12.1 Å². The molecule has 108 valence electrons. The number of hydrogen-bond donors (Lipinski definition) is 1. The predicted octanol–water partition coefficient (Wildman–Crippen LogP) is 2.18. The van der Waals surface area contributed by atoms with E-state index in [0.717, 1.165) is 37.0 Å². The molecule has 1 aliphatic heterocycles. The number of aliphatic carboxylic acids is 1. The van der Waals surface area contributed by atoms with E-state index in [1.54, 1.807) is 12.3 Å². The van der Waals surface area contributed by atoms with Crippen molar-refractivity contribution in [3.63, 3.8) is 0 Å². The van der Waals surface area contributed by atoms with Crippen molar-refractivity contribution in [2.24, 2.45) is 0 Å². The highest BCUT2D eigenvalue weighted by atomic mass is 16.5. The maximum atomic E-state index is 10.5. The number of anilines is 1. The Labute approximate surface area is 118 Å². The van der Waals surface area contributed by atoms with E-state index in [1.165, 1.54) is 0 Å². The van der Waals surface area contributed by atoms with Gasteiger partial charge in [0.15, 0.2) is 0 Å². The Balaban J connectivity index is 2.13. The Kier molecular flexibility index (Phi) is 4.74. The smallest absolute Gasteiger partial charge is 0.328 e. The van der Waals surface area contributed by atoms with Gasteiger partial charge < -0.3 is 14.7 Å². The first-order valence-corrected chi connectivity index (χ1v) is 6.85. The molecule has 0 aliphatic carbocycles. The van der Waals surface area contributed by atoms with Crippen molar-refractivity contribution in [2.75, 3.05) is 18.1 Å². The van der Waals surface area contributed by atoms with Crippen molar-refractivity contribution in [3.8, 4) is 0 Å². The van der Waals surface area contributed by atoms with Gasteiger partial charge in [0.05, 0.1) is 18.8 Å². The molecule has 1 saturated heterocycles. The first-order valence-electron chi connectivity index (χ1n) is 6.85. The van der Waals surface area contributed by atoms with E-state index < -0.39 is 5.97 Å². The van der Waals surface area contributed by atoms with Crippen LogP contribution in [0, 0.1) is 0 Å². The largest absolute Gasteiger partial charge is 0.478 e. The second kappa shape index (κ2) is 6.52. The van der Waals surface area contributed by atoms with Crippen LogP contribution in [-0.2, 0) is 9.53 Å². The van der Waals surface area contributed by atoms with Gasteiger partial charge >= 0.3 is 5.97 Å². The molecule has 0 radical (unpaired) electrons. The molecule has 2 unspecified atom stereocenters.